The Morgan fingerprint density at radius 1 is 0.374 bits per heavy atom. The van der Waals surface area contributed by atoms with Crippen LogP contribution in [0.3, 0.4) is 0 Å². The average molecular weight is 1390 g/mol. The average Bonchev–Trinajstić information content (AvgIpc) is 0.784. The lowest BCUT2D eigenvalue weighted by Crippen LogP contribution is -2.66. The van der Waals surface area contributed by atoms with Crippen molar-refractivity contribution in [1.82, 2.24) is 5.32 Å². The first kappa shape index (κ1) is 88.4. The second-order valence-electron chi connectivity index (χ2n) is 25.3. The van der Waals surface area contributed by atoms with Crippen molar-refractivity contribution < 1.29 is 89.4 Å². The summed E-state index contributed by atoms with van der Waals surface area (Å²) < 4.78 is 34.3. The third-order valence-electron chi connectivity index (χ3n) is 17.0. The molecule has 12 N–H and O–H groups in total. The molecule has 3 fully saturated rings. The molecule has 0 radical (unpaired) electrons. The number of allylic oxidation sites excluding steroid dienone is 27. The molecule has 99 heavy (non-hydrogen) atoms. The Morgan fingerprint density at radius 3 is 1.13 bits per heavy atom. The van der Waals surface area contributed by atoms with Crippen LogP contribution in [0.25, 0.3) is 0 Å². The van der Waals surface area contributed by atoms with Crippen molar-refractivity contribution in [3.05, 3.63) is 170 Å². The molecule has 3 saturated heterocycles. The highest BCUT2D eigenvalue weighted by molar-refractivity contribution is 5.76. The second kappa shape index (κ2) is 58.6. The van der Waals surface area contributed by atoms with E-state index in [1.54, 1.807) is 6.08 Å². The van der Waals surface area contributed by atoms with E-state index in [1.807, 2.05) is 6.08 Å². The van der Waals surface area contributed by atoms with Gasteiger partial charge in [0.15, 0.2) is 18.9 Å². The van der Waals surface area contributed by atoms with Crippen LogP contribution in [0.2, 0.25) is 0 Å². The molecule has 17 unspecified atom stereocenters. The zero-order valence-electron chi connectivity index (χ0n) is 59.4. The summed E-state index contributed by atoms with van der Waals surface area (Å²) in [5.74, 6) is -0.336. The molecule has 0 saturated carbocycles. The minimum atomic E-state index is -1.99. The molecule has 0 aromatic heterocycles. The summed E-state index contributed by atoms with van der Waals surface area (Å²) in [6.45, 7) is 1.53. The number of unbranched alkanes of at least 4 members (excludes halogenated alkanes) is 12. The van der Waals surface area contributed by atoms with Gasteiger partial charge in [-0.1, -0.05) is 235 Å². The van der Waals surface area contributed by atoms with Gasteiger partial charge in [0, 0.05) is 6.42 Å². The van der Waals surface area contributed by atoms with Crippen LogP contribution >= 0.6 is 0 Å². The summed E-state index contributed by atoms with van der Waals surface area (Å²) in [6.07, 6.45) is 60.6. The summed E-state index contributed by atoms with van der Waals surface area (Å²) in [7, 11) is 0. The number of nitrogens with one attached hydrogen (secondary N) is 1. The van der Waals surface area contributed by atoms with Crippen LogP contribution in [0.1, 0.15) is 194 Å². The van der Waals surface area contributed by atoms with Crippen LogP contribution in [0.15, 0.2) is 170 Å². The molecule has 19 nitrogen and oxygen atoms in total. The normalized spacial score (nSPS) is 27.6. The van der Waals surface area contributed by atoms with Gasteiger partial charge in [0.2, 0.25) is 5.91 Å². The Labute approximate surface area is 592 Å². The maximum Gasteiger partial charge on any atom is 0.220 e. The molecule has 0 aliphatic carbocycles. The van der Waals surface area contributed by atoms with Gasteiger partial charge in [0.05, 0.1) is 38.6 Å². The van der Waals surface area contributed by atoms with Gasteiger partial charge in [-0.3, -0.25) is 4.79 Å². The minimum absolute atomic E-state index is 0.168. The maximum atomic E-state index is 13.4. The molecule has 17 atom stereocenters. The molecular formula is C80H127NO18. The van der Waals surface area contributed by atoms with E-state index in [0.717, 1.165) is 109 Å². The first-order valence-corrected chi connectivity index (χ1v) is 36.9. The molecule has 560 valence electrons. The van der Waals surface area contributed by atoms with Crippen molar-refractivity contribution in [3.63, 3.8) is 0 Å². The van der Waals surface area contributed by atoms with Crippen molar-refractivity contribution in [1.29, 1.82) is 0 Å². The molecule has 3 aliphatic rings. The molecule has 3 aliphatic heterocycles. The quantitative estimate of drug-likeness (QED) is 0.0199. The molecule has 0 bridgehead atoms. The SMILES string of the molecule is CC/C=C\C/C=C\C/C=C\C/C=C\C/C=C\C/C=C\C/C=C\C/C=C\C/C=C\C/C=C\C/C=C\C/C=C\CCCCC(=O)NC(COC1OC(CO)C(OC2OC(CO)C(OC3OC(CO)C(O)C(O)C3O)C(O)C2O)C(O)C1O)C(O)/C=C/CC/C=C/CCCCCCCCCCC. The Kier molecular flexibility index (Phi) is 52.3. The van der Waals surface area contributed by atoms with E-state index < -0.39 is 131 Å². The first-order valence-electron chi connectivity index (χ1n) is 36.9. The van der Waals surface area contributed by atoms with E-state index in [0.29, 0.717) is 12.8 Å². The van der Waals surface area contributed by atoms with E-state index >= 15 is 0 Å². The van der Waals surface area contributed by atoms with E-state index in [-0.39, 0.29) is 12.3 Å². The molecule has 19 heteroatoms. The molecule has 3 rings (SSSR count). The van der Waals surface area contributed by atoms with Crippen molar-refractivity contribution in [2.24, 2.45) is 0 Å². The first-order chi connectivity index (χ1) is 48.3. The summed E-state index contributed by atoms with van der Waals surface area (Å²) in [4.78, 5) is 13.4. The minimum Gasteiger partial charge on any atom is -0.394 e. The summed E-state index contributed by atoms with van der Waals surface area (Å²) in [5, 5.41) is 120. The predicted octanol–water partition coefficient (Wildman–Crippen LogP) is 11.0. The van der Waals surface area contributed by atoms with Gasteiger partial charge in [0.1, 0.15) is 73.2 Å². The highest BCUT2D eigenvalue weighted by atomic mass is 16.8. The Balaban J connectivity index is 1.39. The number of carbonyl (C=O) groups excluding carboxylic acids is 1. The molecule has 3 heterocycles. The zero-order valence-corrected chi connectivity index (χ0v) is 59.4. The van der Waals surface area contributed by atoms with Crippen LogP contribution in [0.5, 0.6) is 0 Å². The Hall–Kier alpha value is -4.85. The lowest BCUT2D eigenvalue weighted by Gasteiger charge is -2.48. The molecule has 0 aromatic carbocycles. The molecule has 0 spiro atoms. The van der Waals surface area contributed by atoms with Gasteiger partial charge in [-0.2, -0.15) is 0 Å². The Morgan fingerprint density at radius 2 is 0.707 bits per heavy atom. The van der Waals surface area contributed by atoms with Crippen LogP contribution < -0.4 is 5.32 Å². The Bertz CT molecular complexity index is 2460. The zero-order chi connectivity index (χ0) is 71.8. The smallest absolute Gasteiger partial charge is 0.220 e. The standard InChI is InChI=1S/C80H127NO18/c1-3-5-7-9-11-13-15-17-19-20-21-22-23-24-25-26-27-28-29-30-31-32-33-34-35-36-37-38-39-40-41-42-44-46-48-50-52-54-56-58-68(86)81-63(64(85)57-55-53-51-49-47-45-43-18-16-14-12-10-8-6-4-2)62-94-78-74(92)71(89)76(66(60-83)96-78)99-80-75(93)72(90)77(67(61-84)97-80)98-79-73(91)70(88)69(87)65(59-82)95-79/h5,7,11,13,17,19,21-22,24-25,27-28,30-31,33-34,36-37,39-40,42,44,47-50,55,57,63-67,69-80,82-85,87-93H,3-4,6,8-10,12,14-16,18,20,23,26,29,32,35,38,41,43,45-46,51-54,56,58-62H2,1-2H3,(H,81,86)/b7-5-,13-11-,19-17-,22-21-,25-24-,28-27-,31-30-,34-33-,37-36-,40-39-,44-42-,49-47+,50-48-,57-55+. The van der Waals surface area contributed by atoms with Gasteiger partial charge in [-0.15, -0.1) is 0 Å². The topological polar surface area (TPSA) is 307 Å². The van der Waals surface area contributed by atoms with Crippen LogP contribution in [-0.4, -0.2) is 193 Å². The van der Waals surface area contributed by atoms with Gasteiger partial charge in [-0.05, 0) is 122 Å². The summed E-state index contributed by atoms with van der Waals surface area (Å²) in [6, 6.07) is -1.03. The van der Waals surface area contributed by atoms with Crippen molar-refractivity contribution >= 4 is 5.91 Å². The number of amides is 1. The molecular weight excluding hydrogens is 1260 g/mol. The van der Waals surface area contributed by atoms with Gasteiger partial charge >= 0.3 is 0 Å². The number of hydrogen-bond acceptors (Lipinski definition) is 18. The number of hydrogen-bond donors (Lipinski definition) is 12. The van der Waals surface area contributed by atoms with E-state index in [2.05, 4.69) is 177 Å². The lowest BCUT2D eigenvalue weighted by atomic mass is 9.96. The van der Waals surface area contributed by atoms with Gasteiger partial charge in [-0.25, -0.2) is 0 Å². The third-order valence-corrected chi connectivity index (χ3v) is 17.0. The van der Waals surface area contributed by atoms with E-state index in [4.69, 9.17) is 28.4 Å². The fourth-order valence-electron chi connectivity index (χ4n) is 11.1. The van der Waals surface area contributed by atoms with Gasteiger partial charge in [0.25, 0.3) is 0 Å². The monoisotopic (exact) mass is 1390 g/mol. The van der Waals surface area contributed by atoms with Crippen LogP contribution in [-0.2, 0) is 33.2 Å². The predicted molar refractivity (Wildman–Crippen MR) is 392 cm³/mol. The van der Waals surface area contributed by atoms with Crippen molar-refractivity contribution in [3.8, 4) is 0 Å². The lowest BCUT2D eigenvalue weighted by molar-refractivity contribution is -0.379. The van der Waals surface area contributed by atoms with Crippen molar-refractivity contribution in [2.45, 2.75) is 298 Å². The summed E-state index contributed by atoms with van der Waals surface area (Å²) >= 11 is 0. The van der Waals surface area contributed by atoms with E-state index in [1.165, 1.54) is 51.4 Å². The van der Waals surface area contributed by atoms with E-state index in [9.17, 15) is 61.0 Å². The number of carbonyl (C=O) groups is 1. The highest BCUT2D eigenvalue weighted by Gasteiger charge is 2.53. The van der Waals surface area contributed by atoms with Crippen LogP contribution in [0.4, 0.5) is 0 Å². The van der Waals surface area contributed by atoms with Crippen molar-refractivity contribution in [2.75, 3.05) is 26.4 Å². The molecule has 0 aromatic rings. The number of aliphatic hydroxyl groups is 11. The van der Waals surface area contributed by atoms with Crippen LogP contribution in [0, 0.1) is 0 Å². The number of ether oxygens (including phenoxy) is 6. The second-order valence-corrected chi connectivity index (χ2v) is 25.3. The highest BCUT2D eigenvalue weighted by Crippen LogP contribution is 2.33. The third kappa shape index (κ3) is 39.4. The fourth-order valence-corrected chi connectivity index (χ4v) is 11.1. The maximum absolute atomic E-state index is 13.4. The number of rotatable bonds is 54. The number of aliphatic hydroxyl groups excluding tert-OH is 11. The molecule has 1 amide bonds. The largest absolute Gasteiger partial charge is 0.394 e. The summed E-state index contributed by atoms with van der Waals surface area (Å²) in [5.41, 5.74) is 0. The fraction of sp³-hybridized carbons (Fsp3) is 0.637. The van der Waals surface area contributed by atoms with Gasteiger partial charge < -0.3 is 89.9 Å².